The van der Waals surface area contributed by atoms with E-state index >= 15 is 0 Å². The van der Waals surface area contributed by atoms with Gasteiger partial charge in [-0.2, -0.15) is 5.10 Å². The first-order chi connectivity index (χ1) is 12.5. The van der Waals surface area contributed by atoms with Crippen LogP contribution in [-0.4, -0.2) is 38.2 Å². The number of aryl methyl sites for hydroxylation is 1. The van der Waals surface area contributed by atoms with Crippen molar-refractivity contribution in [3.8, 4) is 0 Å². The second-order valence-corrected chi connectivity index (χ2v) is 6.78. The molecule has 136 valence electrons. The molecule has 1 atom stereocenters. The van der Waals surface area contributed by atoms with Gasteiger partial charge in [0.1, 0.15) is 17.8 Å². The minimum Gasteiger partial charge on any atom is -0.367 e. The number of benzene rings is 1. The Bertz CT molecular complexity index is 923. The molecule has 1 amide bonds. The Hall–Kier alpha value is -2.38. The fourth-order valence-corrected chi connectivity index (χ4v) is 3.02. The molecule has 7 nitrogen and oxygen atoms in total. The highest BCUT2D eigenvalue weighted by atomic mass is 35.5. The number of hydrogen-bond acceptors (Lipinski definition) is 5. The molecule has 0 radical (unpaired) electrons. The van der Waals surface area contributed by atoms with E-state index in [2.05, 4.69) is 25.7 Å². The van der Waals surface area contributed by atoms with E-state index < -0.39 is 0 Å². The van der Waals surface area contributed by atoms with Gasteiger partial charge in [0.2, 0.25) is 0 Å². The Labute approximate surface area is 160 Å². The van der Waals surface area contributed by atoms with Crippen LogP contribution in [0.1, 0.15) is 23.8 Å². The first kappa shape index (κ1) is 18.4. The average Bonchev–Trinajstić information content (AvgIpc) is 2.93. The van der Waals surface area contributed by atoms with Crippen molar-refractivity contribution >= 4 is 45.8 Å². The second kappa shape index (κ2) is 7.88. The van der Waals surface area contributed by atoms with E-state index in [0.29, 0.717) is 28.7 Å². The van der Waals surface area contributed by atoms with Crippen LogP contribution < -0.4 is 10.6 Å². The zero-order chi connectivity index (χ0) is 18.7. The Morgan fingerprint density at radius 1 is 1.31 bits per heavy atom. The normalized spacial score (nSPS) is 12.2. The van der Waals surface area contributed by atoms with Crippen LogP contribution in [0.15, 0.2) is 30.7 Å². The van der Waals surface area contributed by atoms with Crippen molar-refractivity contribution in [2.24, 2.45) is 7.05 Å². The molecular formula is C17H18Cl2N6O. The monoisotopic (exact) mass is 392 g/mol. The van der Waals surface area contributed by atoms with E-state index in [0.717, 1.165) is 16.7 Å². The summed E-state index contributed by atoms with van der Waals surface area (Å²) in [7, 11) is 1.68. The van der Waals surface area contributed by atoms with Gasteiger partial charge >= 0.3 is 0 Å². The largest absolute Gasteiger partial charge is 0.367 e. The zero-order valence-electron chi connectivity index (χ0n) is 14.3. The number of hydrogen-bond donors (Lipinski definition) is 2. The standard InChI is InChI=1S/C17H18Cl2N6O/c1-10(5-6-20-17(26)15-13(19)8-23-25(15)2)24-16-12-4-3-11(18)7-14(12)21-9-22-16/h3-4,7-10H,5-6H2,1-2H3,(H,20,26)(H,21,22,24)/t10-/m0/s1. The van der Waals surface area contributed by atoms with Crippen molar-refractivity contribution in [1.82, 2.24) is 25.1 Å². The second-order valence-electron chi connectivity index (χ2n) is 5.94. The summed E-state index contributed by atoms with van der Waals surface area (Å²) in [6, 6.07) is 5.58. The van der Waals surface area contributed by atoms with Gasteiger partial charge in [0.05, 0.1) is 16.7 Å². The minimum absolute atomic E-state index is 0.0890. The summed E-state index contributed by atoms with van der Waals surface area (Å²) in [5, 5.41) is 12.0. The Morgan fingerprint density at radius 2 is 2.12 bits per heavy atom. The summed E-state index contributed by atoms with van der Waals surface area (Å²) in [5.41, 5.74) is 1.13. The lowest BCUT2D eigenvalue weighted by atomic mass is 10.2. The molecule has 0 saturated heterocycles. The van der Waals surface area contributed by atoms with Crippen LogP contribution in [-0.2, 0) is 7.05 Å². The topological polar surface area (TPSA) is 84.7 Å². The number of carbonyl (C=O) groups is 1. The van der Waals surface area contributed by atoms with E-state index in [1.54, 1.807) is 19.2 Å². The summed E-state index contributed by atoms with van der Waals surface area (Å²) < 4.78 is 1.46. The average molecular weight is 393 g/mol. The van der Waals surface area contributed by atoms with E-state index in [1.165, 1.54) is 17.2 Å². The van der Waals surface area contributed by atoms with Crippen molar-refractivity contribution in [1.29, 1.82) is 0 Å². The lowest BCUT2D eigenvalue weighted by molar-refractivity contribution is 0.0943. The molecule has 0 fully saturated rings. The van der Waals surface area contributed by atoms with Gasteiger partial charge in [-0.25, -0.2) is 9.97 Å². The highest BCUT2D eigenvalue weighted by Crippen LogP contribution is 2.23. The minimum atomic E-state index is -0.246. The molecule has 0 spiro atoms. The van der Waals surface area contributed by atoms with Crippen LogP contribution >= 0.6 is 23.2 Å². The lowest BCUT2D eigenvalue weighted by Crippen LogP contribution is -2.30. The third kappa shape index (κ3) is 4.05. The fraction of sp³-hybridized carbons (Fsp3) is 0.294. The van der Waals surface area contributed by atoms with Gasteiger partial charge in [-0.1, -0.05) is 23.2 Å². The van der Waals surface area contributed by atoms with E-state index in [1.807, 2.05) is 13.0 Å². The molecule has 2 N–H and O–H groups in total. The van der Waals surface area contributed by atoms with Gasteiger partial charge in [-0.05, 0) is 31.5 Å². The molecule has 0 bridgehead atoms. The fourth-order valence-electron chi connectivity index (χ4n) is 2.60. The lowest BCUT2D eigenvalue weighted by Gasteiger charge is -2.16. The Kier molecular flexibility index (Phi) is 5.58. The zero-order valence-corrected chi connectivity index (χ0v) is 15.8. The molecule has 2 aromatic heterocycles. The van der Waals surface area contributed by atoms with E-state index in [4.69, 9.17) is 23.2 Å². The van der Waals surface area contributed by atoms with Crippen LogP contribution in [0, 0.1) is 0 Å². The molecule has 0 aliphatic rings. The van der Waals surface area contributed by atoms with Gasteiger partial charge < -0.3 is 10.6 Å². The highest BCUT2D eigenvalue weighted by molar-refractivity contribution is 6.33. The SMILES string of the molecule is C[C@@H](CCNC(=O)c1c(Cl)cnn1C)Nc1ncnc2cc(Cl)ccc12. The number of aromatic nitrogens is 4. The summed E-state index contributed by atoms with van der Waals surface area (Å²) in [6.07, 6.45) is 3.66. The van der Waals surface area contributed by atoms with Gasteiger partial charge in [0, 0.05) is 30.0 Å². The number of anilines is 1. The predicted molar refractivity (Wildman–Crippen MR) is 103 cm³/mol. The Morgan fingerprint density at radius 3 is 2.85 bits per heavy atom. The predicted octanol–water partition coefficient (Wildman–Crippen LogP) is 3.29. The summed E-state index contributed by atoms with van der Waals surface area (Å²) in [6.45, 7) is 2.51. The highest BCUT2D eigenvalue weighted by Gasteiger charge is 2.15. The van der Waals surface area contributed by atoms with Crippen LogP contribution in [0.3, 0.4) is 0 Å². The maximum absolute atomic E-state index is 12.2. The van der Waals surface area contributed by atoms with Crippen molar-refractivity contribution in [3.05, 3.63) is 46.5 Å². The molecule has 26 heavy (non-hydrogen) atoms. The number of nitrogens with zero attached hydrogens (tertiary/aromatic N) is 4. The number of carbonyl (C=O) groups excluding carboxylic acids is 1. The molecule has 2 heterocycles. The molecule has 9 heteroatoms. The molecule has 1 aromatic carbocycles. The van der Waals surface area contributed by atoms with Crippen molar-refractivity contribution in [3.63, 3.8) is 0 Å². The Balaban J connectivity index is 1.58. The number of nitrogens with one attached hydrogen (secondary N) is 2. The first-order valence-electron chi connectivity index (χ1n) is 8.08. The molecule has 3 rings (SSSR count). The van der Waals surface area contributed by atoms with Gasteiger partial charge in [0.25, 0.3) is 5.91 Å². The van der Waals surface area contributed by atoms with Crippen molar-refractivity contribution in [2.45, 2.75) is 19.4 Å². The van der Waals surface area contributed by atoms with Crippen molar-refractivity contribution in [2.75, 3.05) is 11.9 Å². The molecular weight excluding hydrogens is 375 g/mol. The summed E-state index contributed by atoms with van der Waals surface area (Å²) in [5.74, 6) is 0.490. The van der Waals surface area contributed by atoms with Crippen LogP contribution in [0.25, 0.3) is 10.9 Å². The summed E-state index contributed by atoms with van der Waals surface area (Å²) in [4.78, 5) is 20.7. The smallest absolute Gasteiger partial charge is 0.271 e. The van der Waals surface area contributed by atoms with E-state index in [-0.39, 0.29) is 11.9 Å². The van der Waals surface area contributed by atoms with Crippen LogP contribution in [0.5, 0.6) is 0 Å². The van der Waals surface area contributed by atoms with Crippen LogP contribution in [0.2, 0.25) is 10.0 Å². The molecule has 0 saturated carbocycles. The number of amides is 1. The number of rotatable bonds is 6. The van der Waals surface area contributed by atoms with Gasteiger partial charge in [-0.15, -0.1) is 0 Å². The molecule has 0 aliphatic carbocycles. The molecule has 3 aromatic rings. The van der Waals surface area contributed by atoms with Crippen molar-refractivity contribution < 1.29 is 4.79 Å². The maximum atomic E-state index is 12.2. The molecule has 0 aliphatic heterocycles. The molecule has 0 unspecified atom stereocenters. The third-order valence-corrected chi connectivity index (χ3v) is 4.47. The third-order valence-electron chi connectivity index (χ3n) is 3.95. The van der Waals surface area contributed by atoms with Crippen LogP contribution in [0.4, 0.5) is 5.82 Å². The van der Waals surface area contributed by atoms with Gasteiger partial charge in [-0.3, -0.25) is 9.48 Å². The summed E-state index contributed by atoms with van der Waals surface area (Å²) >= 11 is 12.0. The van der Waals surface area contributed by atoms with Gasteiger partial charge in [0.15, 0.2) is 0 Å². The quantitative estimate of drug-likeness (QED) is 0.672. The number of fused-ring (bicyclic) bond motifs is 1. The number of halogens is 2. The first-order valence-corrected chi connectivity index (χ1v) is 8.84. The maximum Gasteiger partial charge on any atom is 0.271 e. The van der Waals surface area contributed by atoms with E-state index in [9.17, 15) is 4.79 Å².